The smallest absolute Gasteiger partial charge is 0.403 e. The van der Waals surface area contributed by atoms with E-state index in [1.165, 1.54) is 10.9 Å². The van der Waals surface area contributed by atoms with E-state index in [9.17, 15) is 18.0 Å². The maximum absolute atomic E-state index is 12.7. The van der Waals surface area contributed by atoms with Gasteiger partial charge in [0.15, 0.2) is 16.5 Å². The molecule has 3 aromatic rings. The molecule has 0 unspecified atom stereocenters. The number of ether oxygens (including phenoxy) is 1. The molecule has 0 aromatic carbocycles. The van der Waals surface area contributed by atoms with Crippen LogP contribution >= 0.6 is 23.2 Å². The summed E-state index contributed by atoms with van der Waals surface area (Å²) >= 11 is 11.7. The largest absolute Gasteiger partial charge is 0.573 e. The third-order valence-electron chi connectivity index (χ3n) is 2.96. The molecule has 3 heterocycles. The lowest BCUT2D eigenvalue weighted by molar-refractivity contribution is -0.274. The molecule has 13 heteroatoms. The Kier molecular flexibility index (Phi) is 4.59. The van der Waals surface area contributed by atoms with Gasteiger partial charge in [-0.05, 0) is 11.6 Å². The molecule has 1 amide bonds. The zero-order valence-corrected chi connectivity index (χ0v) is 14.2. The Morgan fingerprint density at radius 2 is 2.00 bits per heavy atom. The zero-order chi connectivity index (χ0) is 19.1. The van der Waals surface area contributed by atoms with Gasteiger partial charge in [-0.3, -0.25) is 9.36 Å². The van der Waals surface area contributed by atoms with Crippen LogP contribution in [0.2, 0.25) is 10.4 Å². The average Bonchev–Trinajstić information content (AvgIpc) is 2.91. The highest BCUT2D eigenvalue weighted by atomic mass is 35.5. The van der Waals surface area contributed by atoms with E-state index < -0.39 is 18.0 Å². The van der Waals surface area contributed by atoms with E-state index in [4.69, 9.17) is 23.2 Å². The summed E-state index contributed by atoms with van der Waals surface area (Å²) in [7, 11) is 0. The number of aromatic nitrogens is 5. The predicted octanol–water partition coefficient (Wildman–Crippen LogP) is 3.37. The molecule has 8 nitrogen and oxygen atoms in total. The summed E-state index contributed by atoms with van der Waals surface area (Å²) < 4.78 is 43.2. The lowest BCUT2D eigenvalue weighted by Gasteiger charge is -2.14. The maximum atomic E-state index is 12.7. The lowest BCUT2D eigenvalue weighted by Crippen LogP contribution is -2.19. The van der Waals surface area contributed by atoms with E-state index in [1.807, 2.05) is 0 Å². The van der Waals surface area contributed by atoms with Crippen molar-refractivity contribution >= 4 is 46.0 Å². The Labute approximate surface area is 152 Å². The van der Waals surface area contributed by atoms with Crippen LogP contribution in [-0.2, 0) is 4.79 Å². The summed E-state index contributed by atoms with van der Waals surface area (Å²) in [6.07, 6.45) is -2.73. The second-order valence-corrected chi connectivity index (χ2v) is 5.53. The van der Waals surface area contributed by atoms with Crippen molar-refractivity contribution in [1.82, 2.24) is 24.5 Å². The fourth-order valence-corrected chi connectivity index (χ4v) is 2.48. The van der Waals surface area contributed by atoms with Crippen molar-refractivity contribution in [3.8, 4) is 11.6 Å². The lowest BCUT2D eigenvalue weighted by atomic mass is 10.3. The number of carbonyl (C=O) groups is 1. The number of amides is 1. The third kappa shape index (κ3) is 3.78. The molecule has 0 radical (unpaired) electrons. The molecule has 0 bridgehead atoms. The monoisotopic (exact) mass is 406 g/mol. The highest BCUT2D eigenvalue weighted by Gasteiger charge is 2.33. The van der Waals surface area contributed by atoms with E-state index in [0.29, 0.717) is 0 Å². The molecule has 0 saturated carbocycles. The Bertz CT molecular complexity index is 1010. The van der Waals surface area contributed by atoms with Crippen LogP contribution in [0.1, 0.15) is 6.92 Å². The molecule has 26 heavy (non-hydrogen) atoms. The molecule has 3 aromatic heterocycles. The van der Waals surface area contributed by atoms with E-state index in [-0.39, 0.29) is 33.1 Å². The number of fused-ring (bicyclic) bond motifs is 1. The topological polar surface area (TPSA) is 94.8 Å². The van der Waals surface area contributed by atoms with Gasteiger partial charge in [0.05, 0.1) is 6.20 Å². The van der Waals surface area contributed by atoms with Crippen molar-refractivity contribution < 1.29 is 22.7 Å². The van der Waals surface area contributed by atoms with E-state index >= 15 is 0 Å². The van der Waals surface area contributed by atoms with E-state index in [2.05, 4.69) is 30.0 Å². The summed E-state index contributed by atoms with van der Waals surface area (Å²) in [5.74, 6) is -1.27. The summed E-state index contributed by atoms with van der Waals surface area (Å²) in [5.41, 5.74) is 0.0588. The van der Waals surface area contributed by atoms with Gasteiger partial charge in [0, 0.05) is 13.0 Å². The molecule has 0 saturated heterocycles. The molecule has 0 aliphatic carbocycles. The fourth-order valence-electron chi connectivity index (χ4n) is 2.06. The molecule has 0 aliphatic rings. The Balaban J connectivity index is 2.14. The van der Waals surface area contributed by atoms with Crippen LogP contribution in [0.15, 0.2) is 18.6 Å². The Morgan fingerprint density at radius 3 is 2.65 bits per heavy atom. The number of carbonyl (C=O) groups excluding carboxylic acids is 1. The van der Waals surface area contributed by atoms with Crippen LogP contribution in [0.25, 0.3) is 17.0 Å². The minimum absolute atomic E-state index is 0.0216. The second kappa shape index (κ2) is 6.57. The summed E-state index contributed by atoms with van der Waals surface area (Å²) in [6, 6.07) is 0.962. The molecular formula is C13H7Cl2F3N6O2. The SMILES string of the molecule is CC(=O)Nc1cnc(-n2cnc3c(Cl)nc(Cl)nc32)cc1OC(F)(F)F. The van der Waals surface area contributed by atoms with E-state index in [1.54, 1.807) is 0 Å². The number of halogens is 5. The van der Waals surface area contributed by atoms with Crippen molar-refractivity contribution in [3.63, 3.8) is 0 Å². The van der Waals surface area contributed by atoms with Crippen LogP contribution in [0, 0.1) is 0 Å². The molecule has 0 fully saturated rings. The molecule has 0 aliphatic heterocycles. The first-order valence-electron chi connectivity index (χ1n) is 6.74. The maximum Gasteiger partial charge on any atom is 0.573 e. The standard InChI is InChI=1S/C13H7Cl2F3N6O2/c1-5(25)21-6-3-19-8(2-7(6)26-13(16,17)18)24-4-20-9-10(14)22-12(15)23-11(9)24/h2-4H,1H3,(H,21,25). The number of pyridine rings is 1. The van der Waals surface area contributed by atoms with Gasteiger partial charge in [-0.15, -0.1) is 13.2 Å². The highest BCUT2D eigenvalue weighted by molar-refractivity contribution is 6.35. The number of anilines is 1. The van der Waals surface area contributed by atoms with Crippen LogP contribution in [0.5, 0.6) is 5.75 Å². The molecule has 3 rings (SSSR count). The van der Waals surface area contributed by atoms with Crippen molar-refractivity contribution in [2.75, 3.05) is 5.32 Å². The van der Waals surface area contributed by atoms with Gasteiger partial charge in [-0.25, -0.2) is 15.0 Å². The molecule has 136 valence electrons. The van der Waals surface area contributed by atoms with Gasteiger partial charge in [0.2, 0.25) is 11.2 Å². The predicted molar refractivity (Wildman–Crippen MR) is 85.5 cm³/mol. The number of alkyl halides is 3. The van der Waals surface area contributed by atoms with Crippen molar-refractivity contribution in [2.24, 2.45) is 0 Å². The number of nitrogens with one attached hydrogen (secondary N) is 1. The van der Waals surface area contributed by atoms with Crippen molar-refractivity contribution in [3.05, 3.63) is 29.0 Å². The fraction of sp³-hybridized carbons (Fsp3) is 0.154. The summed E-state index contributed by atoms with van der Waals surface area (Å²) in [6.45, 7) is 1.13. The van der Waals surface area contributed by atoms with E-state index in [0.717, 1.165) is 19.2 Å². The zero-order valence-electron chi connectivity index (χ0n) is 12.7. The number of nitrogens with zero attached hydrogens (tertiary/aromatic N) is 5. The second-order valence-electron chi connectivity index (χ2n) is 4.84. The average molecular weight is 407 g/mol. The van der Waals surface area contributed by atoms with Crippen LogP contribution in [0.3, 0.4) is 0 Å². The third-order valence-corrected chi connectivity index (χ3v) is 3.39. The summed E-state index contributed by atoms with van der Waals surface area (Å²) in [5, 5.41) is 2.00. The number of rotatable bonds is 3. The Morgan fingerprint density at radius 1 is 1.27 bits per heavy atom. The molecule has 0 atom stereocenters. The first kappa shape index (κ1) is 18.1. The van der Waals surface area contributed by atoms with Crippen LogP contribution in [-0.4, -0.2) is 36.8 Å². The first-order valence-corrected chi connectivity index (χ1v) is 7.49. The first-order chi connectivity index (χ1) is 12.1. The Hall–Kier alpha value is -2.66. The molecule has 1 N–H and O–H groups in total. The van der Waals surface area contributed by atoms with Gasteiger partial charge >= 0.3 is 6.36 Å². The molecule has 0 spiro atoms. The number of imidazole rings is 1. The minimum Gasteiger partial charge on any atom is -0.403 e. The number of hydrogen-bond donors (Lipinski definition) is 1. The van der Waals surface area contributed by atoms with Crippen LogP contribution < -0.4 is 10.1 Å². The minimum atomic E-state index is -4.97. The highest BCUT2D eigenvalue weighted by Crippen LogP contribution is 2.32. The molecular weight excluding hydrogens is 400 g/mol. The van der Waals surface area contributed by atoms with Gasteiger partial charge in [-0.2, -0.15) is 4.98 Å². The quantitative estimate of drug-likeness (QED) is 0.529. The van der Waals surface area contributed by atoms with Crippen molar-refractivity contribution in [1.29, 1.82) is 0 Å². The van der Waals surface area contributed by atoms with Gasteiger partial charge < -0.3 is 10.1 Å². The van der Waals surface area contributed by atoms with Gasteiger partial charge in [0.25, 0.3) is 0 Å². The van der Waals surface area contributed by atoms with Gasteiger partial charge in [0.1, 0.15) is 23.3 Å². The normalized spacial score (nSPS) is 11.6. The van der Waals surface area contributed by atoms with Crippen molar-refractivity contribution in [2.45, 2.75) is 13.3 Å². The number of hydrogen-bond acceptors (Lipinski definition) is 6. The van der Waals surface area contributed by atoms with Crippen LogP contribution in [0.4, 0.5) is 18.9 Å². The van der Waals surface area contributed by atoms with Gasteiger partial charge in [-0.1, -0.05) is 11.6 Å². The summed E-state index contributed by atoms with van der Waals surface area (Å²) in [4.78, 5) is 26.8.